The van der Waals surface area contributed by atoms with E-state index in [9.17, 15) is 18.0 Å². The smallest absolute Gasteiger partial charge is 0.422 e. The fourth-order valence-corrected chi connectivity index (χ4v) is 4.11. The number of amides is 1. The molecule has 7 nitrogen and oxygen atoms in total. The first-order valence-corrected chi connectivity index (χ1v) is 12.1. The van der Waals surface area contributed by atoms with Crippen molar-refractivity contribution in [3.8, 4) is 11.5 Å². The fourth-order valence-electron chi connectivity index (χ4n) is 3.40. The van der Waals surface area contributed by atoms with Crippen LogP contribution in [-0.2, 0) is 11.2 Å². The van der Waals surface area contributed by atoms with Crippen molar-refractivity contribution < 1.29 is 27.4 Å². The van der Waals surface area contributed by atoms with Crippen LogP contribution in [0.1, 0.15) is 10.4 Å². The number of benzene rings is 2. The highest BCUT2D eigenvalue weighted by molar-refractivity contribution is 7.09. The third kappa shape index (κ3) is 7.43. The highest BCUT2D eigenvalue weighted by atomic mass is 32.1. The second-order valence-corrected chi connectivity index (χ2v) is 8.88. The molecule has 0 atom stereocenters. The van der Waals surface area contributed by atoms with Gasteiger partial charge >= 0.3 is 6.18 Å². The first-order valence-electron chi connectivity index (χ1n) is 11.2. The molecule has 0 aliphatic carbocycles. The van der Waals surface area contributed by atoms with E-state index in [-0.39, 0.29) is 17.4 Å². The Morgan fingerprint density at radius 2 is 1.92 bits per heavy atom. The number of nitrogens with one attached hydrogen (secondary N) is 2. The molecule has 1 amide bonds. The molecular weight excluding hydrogens is 505 g/mol. The maximum atomic E-state index is 12.6. The molecule has 2 aromatic carbocycles. The summed E-state index contributed by atoms with van der Waals surface area (Å²) in [5.74, 6) is 0.338. The van der Waals surface area contributed by atoms with Gasteiger partial charge in [0.15, 0.2) is 18.1 Å². The molecule has 0 bridgehead atoms. The van der Waals surface area contributed by atoms with Crippen LogP contribution in [0, 0.1) is 0 Å². The molecule has 0 spiro atoms. The zero-order chi connectivity index (χ0) is 26.3. The van der Waals surface area contributed by atoms with Gasteiger partial charge in [-0.25, -0.2) is 9.97 Å². The van der Waals surface area contributed by atoms with Crippen LogP contribution in [0.4, 0.5) is 24.7 Å². The summed E-state index contributed by atoms with van der Waals surface area (Å²) in [5, 5.41) is 8.59. The first-order chi connectivity index (χ1) is 17.8. The van der Waals surface area contributed by atoms with Crippen LogP contribution >= 0.6 is 11.3 Å². The minimum absolute atomic E-state index is 0.0660. The number of carbonyl (C=O) groups is 1. The predicted molar refractivity (Wildman–Crippen MR) is 137 cm³/mol. The van der Waals surface area contributed by atoms with E-state index in [1.54, 1.807) is 17.4 Å². The van der Waals surface area contributed by atoms with Crippen LogP contribution in [0.3, 0.4) is 0 Å². The van der Waals surface area contributed by atoms with E-state index >= 15 is 0 Å². The zero-order valence-corrected chi connectivity index (χ0v) is 20.5. The number of methoxy groups -OCH3 is 1. The van der Waals surface area contributed by atoms with Gasteiger partial charge in [0.2, 0.25) is 5.91 Å². The summed E-state index contributed by atoms with van der Waals surface area (Å²) in [6, 6.07) is 14.2. The lowest BCUT2D eigenvalue weighted by atomic mass is 10.1. The third-order valence-electron chi connectivity index (χ3n) is 5.16. The molecule has 0 aliphatic heterocycles. The number of hydrogen-bond acceptors (Lipinski definition) is 7. The second kappa shape index (κ2) is 11.7. The van der Waals surface area contributed by atoms with E-state index < -0.39 is 12.8 Å². The van der Waals surface area contributed by atoms with Gasteiger partial charge < -0.3 is 20.1 Å². The second-order valence-electron chi connectivity index (χ2n) is 7.85. The van der Waals surface area contributed by atoms with Crippen molar-refractivity contribution in [1.82, 2.24) is 15.3 Å². The number of rotatable bonds is 10. The Morgan fingerprint density at radius 1 is 1.11 bits per heavy atom. The Morgan fingerprint density at radius 3 is 2.62 bits per heavy atom. The summed E-state index contributed by atoms with van der Waals surface area (Å²) in [5.41, 5.74) is 1.94. The number of halogens is 3. The number of hydrogen-bond donors (Lipinski definition) is 2. The molecule has 4 aromatic rings. The van der Waals surface area contributed by atoms with E-state index in [0.717, 1.165) is 12.0 Å². The van der Waals surface area contributed by atoms with Gasteiger partial charge in [-0.3, -0.25) is 4.79 Å². The summed E-state index contributed by atoms with van der Waals surface area (Å²) in [7, 11) is 1.34. The molecule has 192 valence electrons. The number of thiophene rings is 1. The Hall–Kier alpha value is -4.12. The molecule has 37 heavy (non-hydrogen) atoms. The summed E-state index contributed by atoms with van der Waals surface area (Å²) < 4.78 is 47.9. The Bertz CT molecular complexity index is 1370. The Balaban J connectivity index is 1.41. The van der Waals surface area contributed by atoms with Gasteiger partial charge in [0.1, 0.15) is 12.1 Å². The normalized spacial score (nSPS) is 11.6. The minimum Gasteiger partial charge on any atom is -0.493 e. The predicted octanol–water partition coefficient (Wildman–Crippen LogP) is 5.76. The van der Waals surface area contributed by atoms with Crippen LogP contribution in [-0.4, -0.2) is 42.3 Å². The quantitative estimate of drug-likeness (QED) is 0.255. The standard InChI is InChI=1S/C26H23F3N4O3S/c1-35-22-13-20-21(14-23(22)36-15-26(27,28)29)31-16-32-25(20)33-18-7-4-17(5-8-18)6-9-24(34)30-11-10-19-3-2-12-37-19/h2-9,12-14,16H,10-11,15H2,1H3,(H,30,34)(H,31,32,33). The van der Waals surface area contributed by atoms with Crippen molar-refractivity contribution in [2.24, 2.45) is 0 Å². The van der Waals surface area contributed by atoms with Gasteiger partial charge in [-0.15, -0.1) is 11.3 Å². The molecule has 0 aliphatic rings. The Labute approximate surface area is 215 Å². The number of aromatic nitrogens is 2. The number of alkyl halides is 3. The number of ether oxygens (including phenoxy) is 2. The maximum absolute atomic E-state index is 12.6. The SMILES string of the molecule is COc1cc2c(Nc3ccc(C=CC(=O)NCCc4cccs4)cc3)ncnc2cc1OCC(F)(F)F. The van der Waals surface area contributed by atoms with Crippen molar-refractivity contribution in [2.45, 2.75) is 12.6 Å². The van der Waals surface area contributed by atoms with Crippen molar-refractivity contribution in [3.05, 3.63) is 76.8 Å². The molecule has 0 unspecified atom stereocenters. The summed E-state index contributed by atoms with van der Waals surface area (Å²) in [6.45, 7) is -0.872. The topological polar surface area (TPSA) is 85.4 Å². The summed E-state index contributed by atoms with van der Waals surface area (Å²) in [6.07, 6.45) is 0.826. The van der Waals surface area contributed by atoms with E-state index in [0.29, 0.717) is 29.0 Å². The monoisotopic (exact) mass is 528 g/mol. The number of carbonyl (C=O) groups excluding carboxylic acids is 1. The van der Waals surface area contributed by atoms with Crippen molar-refractivity contribution in [2.75, 3.05) is 25.6 Å². The lowest BCUT2D eigenvalue weighted by Gasteiger charge is -2.14. The lowest BCUT2D eigenvalue weighted by Crippen LogP contribution is -2.23. The van der Waals surface area contributed by atoms with Crippen molar-refractivity contribution >= 4 is 45.7 Å². The van der Waals surface area contributed by atoms with Gasteiger partial charge in [0, 0.05) is 34.6 Å². The molecule has 11 heteroatoms. The van der Waals surface area contributed by atoms with Crippen LogP contribution in [0.5, 0.6) is 11.5 Å². The van der Waals surface area contributed by atoms with E-state index in [1.807, 2.05) is 41.8 Å². The molecule has 2 aromatic heterocycles. The van der Waals surface area contributed by atoms with Gasteiger partial charge in [-0.2, -0.15) is 13.2 Å². The molecule has 4 rings (SSSR count). The van der Waals surface area contributed by atoms with Gasteiger partial charge in [-0.05, 0) is 47.7 Å². The van der Waals surface area contributed by atoms with Gasteiger partial charge in [0.25, 0.3) is 0 Å². The number of fused-ring (bicyclic) bond motifs is 1. The average molecular weight is 529 g/mol. The zero-order valence-electron chi connectivity index (χ0n) is 19.7. The fraction of sp³-hybridized carbons (Fsp3) is 0.192. The summed E-state index contributed by atoms with van der Waals surface area (Å²) in [4.78, 5) is 21.7. The average Bonchev–Trinajstić information content (AvgIpc) is 3.40. The maximum Gasteiger partial charge on any atom is 0.422 e. The Kier molecular flexibility index (Phi) is 8.24. The van der Waals surface area contributed by atoms with Crippen molar-refractivity contribution in [3.63, 3.8) is 0 Å². The molecule has 2 heterocycles. The first kappa shape index (κ1) is 26.0. The summed E-state index contributed by atoms with van der Waals surface area (Å²) >= 11 is 1.66. The molecular formula is C26H23F3N4O3S. The lowest BCUT2D eigenvalue weighted by molar-refractivity contribution is -0.153. The van der Waals surface area contributed by atoms with Crippen LogP contribution in [0.15, 0.2) is 66.3 Å². The molecule has 0 saturated heterocycles. The van der Waals surface area contributed by atoms with E-state index in [2.05, 4.69) is 20.6 Å². The van der Waals surface area contributed by atoms with Crippen LogP contribution in [0.2, 0.25) is 0 Å². The highest BCUT2D eigenvalue weighted by Crippen LogP contribution is 2.35. The molecule has 0 saturated carbocycles. The van der Waals surface area contributed by atoms with E-state index in [1.165, 1.54) is 36.5 Å². The number of anilines is 2. The highest BCUT2D eigenvalue weighted by Gasteiger charge is 2.29. The molecule has 2 N–H and O–H groups in total. The minimum atomic E-state index is -4.48. The third-order valence-corrected chi connectivity index (χ3v) is 6.10. The largest absolute Gasteiger partial charge is 0.493 e. The van der Waals surface area contributed by atoms with Gasteiger partial charge in [-0.1, -0.05) is 18.2 Å². The molecule has 0 fully saturated rings. The van der Waals surface area contributed by atoms with E-state index in [4.69, 9.17) is 9.47 Å². The number of nitrogens with zero attached hydrogens (tertiary/aromatic N) is 2. The van der Waals surface area contributed by atoms with Crippen LogP contribution < -0.4 is 20.1 Å². The van der Waals surface area contributed by atoms with Crippen LogP contribution in [0.25, 0.3) is 17.0 Å². The molecule has 0 radical (unpaired) electrons. The van der Waals surface area contributed by atoms with Gasteiger partial charge in [0.05, 0.1) is 12.6 Å². The van der Waals surface area contributed by atoms with Crippen molar-refractivity contribution in [1.29, 1.82) is 0 Å².